The van der Waals surface area contributed by atoms with E-state index < -0.39 is 11.4 Å². The third-order valence-electron chi connectivity index (χ3n) is 6.01. The number of likely N-dealkylation sites (N-methyl/N-ethyl adjacent to an activating group) is 2. The Morgan fingerprint density at radius 1 is 1.19 bits per heavy atom. The number of nitrogens with one attached hydrogen (secondary N) is 1. The molecule has 2 aromatic rings. The number of para-hydroxylation sites is 1. The van der Waals surface area contributed by atoms with Crippen molar-refractivity contribution in [1.29, 1.82) is 0 Å². The van der Waals surface area contributed by atoms with E-state index in [0.717, 1.165) is 42.6 Å². The van der Waals surface area contributed by atoms with Crippen LogP contribution in [0.1, 0.15) is 39.0 Å². The predicted molar refractivity (Wildman–Crippen MR) is 129 cm³/mol. The van der Waals surface area contributed by atoms with E-state index in [9.17, 15) is 9.59 Å². The van der Waals surface area contributed by atoms with Crippen molar-refractivity contribution in [3.05, 3.63) is 42.1 Å². The molecular weight excluding hydrogens is 404 g/mol. The Kier molecular flexibility index (Phi) is 6.98. The van der Waals surface area contributed by atoms with E-state index in [-0.39, 0.29) is 12.1 Å². The van der Waals surface area contributed by atoms with Gasteiger partial charge < -0.3 is 24.4 Å². The number of aromatic amines is 1. The molecule has 174 valence electrons. The lowest BCUT2D eigenvalue weighted by molar-refractivity contribution is -0.140. The van der Waals surface area contributed by atoms with Crippen LogP contribution in [0.15, 0.2) is 30.8 Å². The van der Waals surface area contributed by atoms with E-state index in [2.05, 4.69) is 37.4 Å². The van der Waals surface area contributed by atoms with Gasteiger partial charge in [0, 0.05) is 56.1 Å². The zero-order chi connectivity index (χ0) is 23.6. The Labute approximate surface area is 191 Å². The van der Waals surface area contributed by atoms with Gasteiger partial charge in [-0.25, -0.2) is 9.59 Å². The van der Waals surface area contributed by atoms with Gasteiger partial charge in [0.1, 0.15) is 0 Å². The first-order valence-electron chi connectivity index (χ1n) is 11.2. The van der Waals surface area contributed by atoms with Crippen LogP contribution in [0.4, 0.5) is 4.79 Å². The minimum absolute atomic E-state index is 0.0330. The van der Waals surface area contributed by atoms with Crippen LogP contribution in [0.3, 0.4) is 0 Å². The molecular formula is C25H36N4O3. The summed E-state index contributed by atoms with van der Waals surface area (Å²) in [5.41, 5.74) is 2.43. The molecule has 1 aliphatic heterocycles. The Morgan fingerprint density at radius 2 is 1.81 bits per heavy atom. The van der Waals surface area contributed by atoms with E-state index >= 15 is 0 Å². The van der Waals surface area contributed by atoms with Crippen LogP contribution in [0.2, 0.25) is 0 Å². The van der Waals surface area contributed by atoms with Crippen molar-refractivity contribution < 1.29 is 14.3 Å². The standard InChI is InChI=1S/C25H36N4O3/c1-17(2)32-23(30)18(3)22-21(19-10-8-9-11-20(19)26-22)25(4,5)16-28(7)24(31)29-14-12-27(6)13-15-29/h8-11,17,26H,3,12-16H2,1-2,4-7H3. The summed E-state index contributed by atoms with van der Waals surface area (Å²) in [4.78, 5) is 35.1. The van der Waals surface area contributed by atoms with Crippen molar-refractivity contribution in [2.75, 3.05) is 46.8 Å². The van der Waals surface area contributed by atoms with Crippen LogP contribution in [0.5, 0.6) is 0 Å². The highest BCUT2D eigenvalue weighted by Crippen LogP contribution is 2.37. The molecule has 1 N–H and O–H groups in total. The Balaban J connectivity index is 1.91. The van der Waals surface area contributed by atoms with Gasteiger partial charge >= 0.3 is 12.0 Å². The fourth-order valence-electron chi connectivity index (χ4n) is 4.44. The lowest BCUT2D eigenvalue weighted by Gasteiger charge is -2.37. The number of hydrogen-bond donors (Lipinski definition) is 1. The van der Waals surface area contributed by atoms with Gasteiger partial charge in [0.25, 0.3) is 0 Å². The first-order valence-corrected chi connectivity index (χ1v) is 11.2. The maximum Gasteiger partial charge on any atom is 0.339 e. The Morgan fingerprint density at radius 3 is 2.44 bits per heavy atom. The van der Waals surface area contributed by atoms with Crippen molar-refractivity contribution in [3.8, 4) is 0 Å². The molecule has 2 amide bonds. The van der Waals surface area contributed by atoms with Gasteiger partial charge in [0.15, 0.2) is 0 Å². The molecule has 0 unspecified atom stereocenters. The van der Waals surface area contributed by atoms with Crippen LogP contribution < -0.4 is 0 Å². The summed E-state index contributed by atoms with van der Waals surface area (Å²) in [6.45, 7) is 15.6. The van der Waals surface area contributed by atoms with Crippen molar-refractivity contribution >= 4 is 28.5 Å². The molecule has 0 aliphatic carbocycles. The number of urea groups is 1. The summed E-state index contributed by atoms with van der Waals surface area (Å²) in [7, 11) is 3.92. The molecule has 0 saturated carbocycles. The normalized spacial score (nSPS) is 15.3. The lowest BCUT2D eigenvalue weighted by Crippen LogP contribution is -2.52. The van der Waals surface area contributed by atoms with E-state index in [4.69, 9.17) is 4.74 Å². The smallest absolute Gasteiger partial charge is 0.339 e. The highest BCUT2D eigenvalue weighted by molar-refractivity contribution is 6.17. The molecule has 7 nitrogen and oxygen atoms in total. The molecule has 0 radical (unpaired) electrons. The molecule has 7 heteroatoms. The second kappa shape index (κ2) is 9.36. The average molecular weight is 441 g/mol. The van der Waals surface area contributed by atoms with Crippen LogP contribution in [-0.2, 0) is 14.9 Å². The molecule has 1 aromatic heterocycles. The molecule has 3 rings (SSSR count). The number of benzene rings is 1. The number of carbonyl (C=O) groups excluding carboxylic acids is 2. The van der Waals surface area contributed by atoms with Crippen LogP contribution in [-0.4, -0.2) is 84.6 Å². The van der Waals surface area contributed by atoms with Crippen LogP contribution in [0.25, 0.3) is 16.5 Å². The van der Waals surface area contributed by atoms with Gasteiger partial charge in [0.2, 0.25) is 0 Å². The highest BCUT2D eigenvalue weighted by Gasteiger charge is 2.34. The molecule has 1 fully saturated rings. The zero-order valence-electron chi connectivity index (χ0n) is 20.2. The molecule has 0 spiro atoms. The number of H-pyrrole nitrogens is 1. The molecule has 0 bridgehead atoms. The molecule has 1 saturated heterocycles. The van der Waals surface area contributed by atoms with Crippen molar-refractivity contribution in [1.82, 2.24) is 19.7 Å². The molecule has 32 heavy (non-hydrogen) atoms. The SMILES string of the molecule is C=C(C(=O)OC(C)C)c1[nH]c2ccccc2c1C(C)(C)CN(C)C(=O)N1CCN(C)CC1. The third-order valence-corrected chi connectivity index (χ3v) is 6.01. The average Bonchev–Trinajstić information content (AvgIpc) is 3.13. The largest absolute Gasteiger partial charge is 0.459 e. The summed E-state index contributed by atoms with van der Waals surface area (Å²) in [5.74, 6) is -0.439. The van der Waals surface area contributed by atoms with E-state index in [1.807, 2.05) is 50.1 Å². The quantitative estimate of drug-likeness (QED) is 0.549. The molecule has 2 heterocycles. The van der Waals surface area contributed by atoms with Crippen LogP contribution >= 0.6 is 0 Å². The summed E-state index contributed by atoms with van der Waals surface area (Å²) in [5, 5.41) is 1.02. The van der Waals surface area contributed by atoms with Gasteiger partial charge in [-0.05, 0) is 32.5 Å². The maximum atomic E-state index is 13.1. The number of rotatable bonds is 6. The van der Waals surface area contributed by atoms with Crippen LogP contribution in [0, 0.1) is 0 Å². The minimum Gasteiger partial charge on any atom is -0.459 e. The minimum atomic E-state index is -0.439. The number of amides is 2. The monoisotopic (exact) mass is 440 g/mol. The molecule has 1 aliphatic rings. The first kappa shape index (κ1) is 23.9. The van der Waals surface area contributed by atoms with E-state index in [1.54, 1.807) is 4.90 Å². The van der Waals surface area contributed by atoms with Crippen molar-refractivity contribution in [2.45, 2.75) is 39.2 Å². The van der Waals surface area contributed by atoms with Gasteiger partial charge in [-0.1, -0.05) is 38.6 Å². The van der Waals surface area contributed by atoms with Crippen molar-refractivity contribution in [3.63, 3.8) is 0 Å². The number of aromatic nitrogens is 1. The number of piperazine rings is 1. The molecule has 0 atom stereocenters. The van der Waals surface area contributed by atoms with Gasteiger partial charge in [-0.3, -0.25) is 0 Å². The first-order chi connectivity index (χ1) is 15.0. The number of esters is 1. The number of ether oxygens (including phenoxy) is 1. The number of hydrogen-bond acceptors (Lipinski definition) is 4. The van der Waals surface area contributed by atoms with Gasteiger partial charge in [-0.2, -0.15) is 0 Å². The maximum absolute atomic E-state index is 13.1. The Bertz CT molecular complexity index is 1000. The Hall–Kier alpha value is -2.80. The lowest BCUT2D eigenvalue weighted by atomic mass is 9.81. The highest BCUT2D eigenvalue weighted by atomic mass is 16.5. The molecule has 1 aromatic carbocycles. The summed E-state index contributed by atoms with van der Waals surface area (Å²) >= 11 is 0. The van der Waals surface area contributed by atoms with Gasteiger partial charge in [0.05, 0.1) is 17.4 Å². The number of carbonyl (C=O) groups is 2. The third kappa shape index (κ3) is 4.99. The fourth-order valence-corrected chi connectivity index (χ4v) is 4.44. The van der Waals surface area contributed by atoms with Gasteiger partial charge in [-0.15, -0.1) is 0 Å². The topological polar surface area (TPSA) is 68.9 Å². The fraction of sp³-hybridized carbons (Fsp3) is 0.520. The summed E-state index contributed by atoms with van der Waals surface area (Å²) in [6.07, 6.45) is -0.229. The second-order valence-electron chi connectivity index (χ2n) is 9.67. The number of fused-ring (bicyclic) bond motifs is 1. The summed E-state index contributed by atoms with van der Waals surface area (Å²) < 4.78 is 5.40. The van der Waals surface area contributed by atoms with E-state index in [1.165, 1.54) is 0 Å². The zero-order valence-corrected chi connectivity index (χ0v) is 20.2. The van der Waals surface area contributed by atoms with E-state index in [0.29, 0.717) is 17.8 Å². The number of nitrogens with zero attached hydrogens (tertiary/aromatic N) is 3. The predicted octanol–water partition coefficient (Wildman–Crippen LogP) is 3.71. The van der Waals surface area contributed by atoms with Crippen molar-refractivity contribution in [2.24, 2.45) is 0 Å². The summed E-state index contributed by atoms with van der Waals surface area (Å²) in [6, 6.07) is 7.99. The second-order valence-corrected chi connectivity index (χ2v) is 9.67.